The van der Waals surface area contributed by atoms with Gasteiger partial charge in [-0.15, -0.1) is 0 Å². The highest BCUT2D eigenvalue weighted by Crippen LogP contribution is 2.22. The Labute approximate surface area is 96.1 Å². The van der Waals surface area contributed by atoms with Gasteiger partial charge in [0.25, 0.3) is 0 Å². The molecule has 4 nitrogen and oxygen atoms in total. The summed E-state index contributed by atoms with van der Waals surface area (Å²) in [4.78, 5) is 6.58. The van der Waals surface area contributed by atoms with Crippen molar-refractivity contribution < 1.29 is 5.11 Å². The van der Waals surface area contributed by atoms with E-state index < -0.39 is 0 Å². The monoisotopic (exact) mass is 221 g/mol. The van der Waals surface area contributed by atoms with E-state index in [1.807, 2.05) is 18.2 Å². The molecule has 1 aliphatic rings. The van der Waals surface area contributed by atoms with Gasteiger partial charge in [-0.1, -0.05) is 6.07 Å². The molecule has 88 valence electrons. The maximum atomic E-state index is 9.67. The lowest BCUT2D eigenvalue weighted by molar-refractivity contribution is 0.0470. The standard InChI is InChI=1S/C12H19N3O/c13-8-12(11-5-1-2-6-14-11)15-7-3-4-10(16)9-15/h1-2,5-6,10,12,16H,3-4,7-9,13H2. The number of nitrogens with zero attached hydrogens (tertiary/aromatic N) is 2. The molecule has 0 amide bonds. The number of nitrogens with two attached hydrogens (primary N) is 1. The molecule has 2 heterocycles. The average Bonchev–Trinajstić information content (AvgIpc) is 2.31. The van der Waals surface area contributed by atoms with E-state index in [1.165, 1.54) is 0 Å². The normalized spacial score (nSPS) is 24.2. The Morgan fingerprint density at radius 3 is 3.06 bits per heavy atom. The largest absolute Gasteiger partial charge is 0.392 e. The molecule has 4 heteroatoms. The SMILES string of the molecule is NCC(c1ccccn1)N1CCCC(O)C1. The van der Waals surface area contributed by atoms with Gasteiger partial charge in [0.15, 0.2) is 0 Å². The van der Waals surface area contributed by atoms with Crippen molar-refractivity contribution in [3.63, 3.8) is 0 Å². The van der Waals surface area contributed by atoms with E-state index in [2.05, 4.69) is 9.88 Å². The smallest absolute Gasteiger partial charge is 0.0667 e. The Morgan fingerprint density at radius 2 is 2.44 bits per heavy atom. The number of likely N-dealkylation sites (tertiary alicyclic amines) is 1. The van der Waals surface area contributed by atoms with Crippen molar-refractivity contribution in [2.45, 2.75) is 25.0 Å². The lowest BCUT2D eigenvalue weighted by Gasteiger charge is -2.35. The maximum absolute atomic E-state index is 9.67. The molecular weight excluding hydrogens is 202 g/mol. The van der Waals surface area contributed by atoms with Gasteiger partial charge >= 0.3 is 0 Å². The summed E-state index contributed by atoms with van der Waals surface area (Å²) in [7, 11) is 0. The van der Waals surface area contributed by atoms with Gasteiger partial charge in [0.05, 0.1) is 17.8 Å². The van der Waals surface area contributed by atoms with Gasteiger partial charge in [-0.05, 0) is 31.5 Å². The first-order valence-electron chi connectivity index (χ1n) is 5.84. The second-order valence-electron chi connectivity index (χ2n) is 4.30. The summed E-state index contributed by atoms with van der Waals surface area (Å²) < 4.78 is 0. The van der Waals surface area contributed by atoms with Crippen LogP contribution in [0.25, 0.3) is 0 Å². The molecule has 0 spiro atoms. The molecule has 2 rings (SSSR count). The maximum Gasteiger partial charge on any atom is 0.0667 e. The van der Waals surface area contributed by atoms with E-state index in [9.17, 15) is 5.11 Å². The number of pyridine rings is 1. The van der Waals surface area contributed by atoms with E-state index in [0.29, 0.717) is 13.1 Å². The molecule has 0 bridgehead atoms. The van der Waals surface area contributed by atoms with Gasteiger partial charge < -0.3 is 10.8 Å². The van der Waals surface area contributed by atoms with Gasteiger partial charge in [-0.2, -0.15) is 0 Å². The van der Waals surface area contributed by atoms with Crippen molar-refractivity contribution in [1.82, 2.24) is 9.88 Å². The molecule has 1 aromatic rings. The number of β-amino-alcohol motifs (C(OH)–C–C–N with tert-alkyl or cyclic N) is 1. The average molecular weight is 221 g/mol. The van der Waals surface area contributed by atoms with Gasteiger partial charge in [-0.3, -0.25) is 9.88 Å². The summed E-state index contributed by atoms with van der Waals surface area (Å²) in [6.07, 6.45) is 3.50. The molecule has 1 aromatic heterocycles. The minimum atomic E-state index is -0.216. The van der Waals surface area contributed by atoms with Crippen molar-refractivity contribution in [2.75, 3.05) is 19.6 Å². The summed E-state index contributed by atoms with van der Waals surface area (Å²) in [5.74, 6) is 0. The number of aromatic nitrogens is 1. The van der Waals surface area contributed by atoms with Crippen molar-refractivity contribution in [3.05, 3.63) is 30.1 Å². The van der Waals surface area contributed by atoms with Gasteiger partial charge in [0.1, 0.15) is 0 Å². The lowest BCUT2D eigenvalue weighted by Crippen LogP contribution is -2.43. The number of aliphatic hydroxyl groups is 1. The van der Waals surface area contributed by atoms with E-state index in [-0.39, 0.29) is 12.1 Å². The van der Waals surface area contributed by atoms with E-state index >= 15 is 0 Å². The second-order valence-corrected chi connectivity index (χ2v) is 4.30. The van der Waals surface area contributed by atoms with Crippen LogP contribution in [0.3, 0.4) is 0 Å². The Hall–Kier alpha value is -0.970. The van der Waals surface area contributed by atoms with Crippen LogP contribution in [0.15, 0.2) is 24.4 Å². The zero-order valence-electron chi connectivity index (χ0n) is 9.42. The van der Waals surface area contributed by atoms with Gasteiger partial charge in [0, 0.05) is 19.3 Å². The summed E-state index contributed by atoms with van der Waals surface area (Å²) in [6.45, 7) is 2.25. The van der Waals surface area contributed by atoms with Crippen LogP contribution in [0.2, 0.25) is 0 Å². The molecule has 0 radical (unpaired) electrons. The van der Waals surface area contributed by atoms with Crippen LogP contribution in [0.1, 0.15) is 24.6 Å². The Kier molecular flexibility index (Phi) is 3.88. The summed E-state index contributed by atoms with van der Waals surface area (Å²) in [6, 6.07) is 6.02. The molecule has 3 N–H and O–H groups in total. The van der Waals surface area contributed by atoms with Crippen LogP contribution >= 0.6 is 0 Å². The third-order valence-electron chi connectivity index (χ3n) is 3.12. The summed E-state index contributed by atoms with van der Waals surface area (Å²) in [5, 5.41) is 9.67. The van der Waals surface area contributed by atoms with Crippen molar-refractivity contribution in [2.24, 2.45) is 5.73 Å². The zero-order chi connectivity index (χ0) is 11.4. The summed E-state index contributed by atoms with van der Waals surface area (Å²) in [5.41, 5.74) is 6.82. The molecule has 1 aliphatic heterocycles. The predicted octanol–water partition coefficient (Wildman–Crippen LogP) is 0.538. The van der Waals surface area contributed by atoms with Crippen LogP contribution in [0.4, 0.5) is 0 Å². The van der Waals surface area contributed by atoms with Gasteiger partial charge in [0.2, 0.25) is 0 Å². The molecule has 0 aromatic carbocycles. The highest BCUT2D eigenvalue weighted by Gasteiger charge is 2.25. The third kappa shape index (κ3) is 2.58. The molecule has 1 saturated heterocycles. The topological polar surface area (TPSA) is 62.4 Å². The zero-order valence-corrected chi connectivity index (χ0v) is 9.42. The first-order chi connectivity index (χ1) is 7.81. The quantitative estimate of drug-likeness (QED) is 0.782. The first kappa shape index (κ1) is 11.5. The summed E-state index contributed by atoms with van der Waals surface area (Å²) >= 11 is 0. The van der Waals surface area contributed by atoms with Crippen LogP contribution in [0.5, 0.6) is 0 Å². The number of piperidine rings is 1. The Balaban J connectivity index is 2.10. The molecular formula is C12H19N3O. The highest BCUT2D eigenvalue weighted by molar-refractivity contribution is 5.09. The first-order valence-corrected chi connectivity index (χ1v) is 5.84. The van der Waals surface area contributed by atoms with Crippen LogP contribution in [-0.4, -0.2) is 40.7 Å². The van der Waals surface area contributed by atoms with Crippen molar-refractivity contribution in [3.8, 4) is 0 Å². The van der Waals surface area contributed by atoms with Crippen molar-refractivity contribution >= 4 is 0 Å². The fraction of sp³-hybridized carbons (Fsp3) is 0.583. The van der Waals surface area contributed by atoms with Gasteiger partial charge in [-0.25, -0.2) is 0 Å². The lowest BCUT2D eigenvalue weighted by atomic mass is 10.0. The molecule has 0 saturated carbocycles. The number of rotatable bonds is 3. The molecule has 16 heavy (non-hydrogen) atoms. The van der Waals surface area contributed by atoms with Crippen LogP contribution in [0, 0.1) is 0 Å². The highest BCUT2D eigenvalue weighted by atomic mass is 16.3. The fourth-order valence-corrected chi connectivity index (χ4v) is 2.30. The minimum Gasteiger partial charge on any atom is -0.392 e. The third-order valence-corrected chi connectivity index (χ3v) is 3.12. The minimum absolute atomic E-state index is 0.135. The fourth-order valence-electron chi connectivity index (χ4n) is 2.30. The van der Waals surface area contributed by atoms with Crippen molar-refractivity contribution in [1.29, 1.82) is 0 Å². The molecule has 2 atom stereocenters. The van der Waals surface area contributed by atoms with E-state index in [4.69, 9.17) is 5.73 Å². The molecule has 1 fully saturated rings. The predicted molar refractivity (Wildman–Crippen MR) is 62.8 cm³/mol. The number of hydrogen-bond acceptors (Lipinski definition) is 4. The van der Waals surface area contributed by atoms with Crippen LogP contribution < -0.4 is 5.73 Å². The molecule has 2 unspecified atom stereocenters. The second kappa shape index (κ2) is 5.39. The number of aliphatic hydroxyl groups excluding tert-OH is 1. The van der Waals surface area contributed by atoms with E-state index in [1.54, 1.807) is 6.20 Å². The Morgan fingerprint density at radius 1 is 1.56 bits per heavy atom. The van der Waals surface area contributed by atoms with E-state index in [0.717, 1.165) is 25.1 Å². The Bertz CT molecular complexity index is 317. The van der Waals surface area contributed by atoms with Crippen LogP contribution in [-0.2, 0) is 0 Å². The molecule has 0 aliphatic carbocycles. The number of hydrogen-bond donors (Lipinski definition) is 2.